The van der Waals surface area contributed by atoms with Gasteiger partial charge in [-0.1, -0.05) is 0 Å². The Morgan fingerprint density at radius 1 is 1.29 bits per heavy atom. The minimum absolute atomic E-state index is 0.135. The van der Waals surface area contributed by atoms with E-state index in [-0.39, 0.29) is 7.61 Å². The molecule has 44 valence electrons. The summed E-state index contributed by atoms with van der Waals surface area (Å²) in [5.74, 6) is 0. The Balaban J connectivity index is 3.54. The van der Waals surface area contributed by atoms with E-state index in [0.29, 0.717) is 0 Å². The number of hydrogen-bond donors (Lipinski definition) is 0. The third-order valence-electron chi connectivity index (χ3n) is 0.951. The predicted molar refractivity (Wildman–Crippen MR) is 43.4 cm³/mol. The molecule has 0 nitrogen and oxygen atoms in total. The number of hydrogen-bond acceptors (Lipinski definition) is 0. The van der Waals surface area contributed by atoms with Crippen LogP contribution in [0.3, 0.4) is 0 Å². The van der Waals surface area contributed by atoms with Crippen LogP contribution in [-0.4, -0.2) is 26.7 Å². The van der Waals surface area contributed by atoms with Crippen LogP contribution >= 0.6 is 25.2 Å². The standard InChI is InChI=1S/C4H12ClP2/c1-6(2)7(3,4)5/h1-4H3/q+1. The summed E-state index contributed by atoms with van der Waals surface area (Å²) in [6.45, 7) is 8.80. The largest absolute Gasteiger partial charge is 0.125 e. The molecular formula is C4H12ClP2+. The Kier molecular flexibility index (Phi) is 3.06. The molecule has 0 saturated heterocycles. The first-order chi connectivity index (χ1) is 2.94. The summed E-state index contributed by atoms with van der Waals surface area (Å²) < 4.78 is 0. The van der Waals surface area contributed by atoms with Crippen molar-refractivity contribution in [1.29, 1.82) is 0 Å². The van der Waals surface area contributed by atoms with Crippen molar-refractivity contribution in [2.75, 3.05) is 26.7 Å². The molecule has 0 aromatic rings. The summed E-state index contributed by atoms with van der Waals surface area (Å²) in [7, 11) is 0.135. The topological polar surface area (TPSA) is 0 Å². The molecule has 0 radical (unpaired) electrons. The van der Waals surface area contributed by atoms with Crippen molar-refractivity contribution < 1.29 is 0 Å². The fourth-order valence-corrected chi connectivity index (χ4v) is 0. The Morgan fingerprint density at radius 3 is 1.43 bits per heavy atom. The molecule has 7 heavy (non-hydrogen) atoms. The number of halogens is 1. The molecule has 0 bridgehead atoms. The maximum atomic E-state index is 6.01. The van der Waals surface area contributed by atoms with Crippen molar-refractivity contribution in [3.63, 3.8) is 0 Å². The van der Waals surface area contributed by atoms with E-state index >= 15 is 0 Å². The third-order valence-corrected chi connectivity index (χ3v) is 11.3. The molecule has 0 N–H and O–H groups in total. The lowest BCUT2D eigenvalue weighted by atomic mass is 11.9. The van der Waals surface area contributed by atoms with Crippen molar-refractivity contribution in [1.82, 2.24) is 0 Å². The Hall–Kier alpha value is 1.15. The number of rotatable bonds is 1. The van der Waals surface area contributed by atoms with Gasteiger partial charge in [-0.05, 0) is 13.3 Å². The first-order valence-electron chi connectivity index (χ1n) is 2.16. The van der Waals surface area contributed by atoms with Crippen LogP contribution in [0, 0.1) is 0 Å². The summed E-state index contributed by atoms with van der Waals surface area (Å²) in [6, 6.07) is 0. The summed E-state index contributed by atoms with van der Waals surface area (Å²) in [5, 5.41) is 0. The van der Waals surface area contributed by atoms with E-state index in [4.69, 9.17) is 11.2 Å². The lowest BCUT2D eigenvalue weighted by molar-refractivity contribution is 2.19. The zero-order valence-corrected chi connectivity index (χ0v) is 7.82. The molecule has 0 aromatic carbocycles. The molecule has 0 unspecified atom stereocenters. The molecule has 0 atom stereocenters. The van der Waals surface area contributed by atoms with Gasteiger partial charge in [-0.2, -0.15) is 0 Å². The SMILES string of the molecule is CP(C)[P+](C)(C)Cl. The maximum Gasteiger partial charge on any atom is 0.125 e. The van der Waals surface area contributed by atoms with Crippen molar-refractivity contribution in [3.05, 3.63) is 0 Å². The van der Waals surface area contributed by atoms with Gasteiger partial charge in [-0.25, -0.2) is 0 Å². The zero-order valence-electron chi connectivity index (χ0n) is 5.27. The van der Waals surface area contributed by atoms with Crippen LogP contribution in [-0.2, 0) is 0 Å². The molecule has 0 rings (SSSR count). The highest BCUT2D eigenvalue weighted by molar-refractivity contribution is 8.48. The third kappa shape index (κ3) is 3.71. The summed E-state index contributed by atoms with van der Waals surface area (Å²) >= 11 is 6.01. The molecule has 0 saturated carbocycles. The molecule has 0 amide bonds. The van der Waals surface area contributed by atoms with E-state index < -0.39 is 6.30 Å². The Morgan fingerprint density at radius 2 is 1.43 bits per heavy atom. The highest BCUT2D eigenvalue weighted by atomic mass is 35.7. The molecule has 0 spiro atoms. The molecular weight excluding hydrogens is 145 g/mol. The fourth-order valence-electron chi connectivity index (χ4n) is 0. The minimum atomic E-state index is -0.951. The monoisotopic (exact) mass is 157 g/mol. The fraction of sp³-hybridized carbons (Fsp3) is 1.00. The molecule has 0 fully saturated rings. The molecule has 3 heteroatoms. The van der Waals surface area contributed by atoms with E-state index in [0.717, 1.165) is 0 Å². The average Bonchev–Trinajstić information content (AvgIpc) is 1.31. The molecule has 0 aromatic heterocycles. The van der Waals surface area contributed by atoms with Gasteiger partial charge in [0.05, 0.1) is 32.2 Å². The van der Waals surface area contributed by atoms with E-state index in [1.807, 2.05) is 0 Å². The van der Waals surface area contributed by atoms with Crippen LogP contribution in [0.2, 0.25) is 0 Å². The second kappa shape index (κ2) is 2.62. The van der Waals surface area contributed by atoms with Crippen molar-refractivity contribution in [2.24, 2.45) is 0 Å². The molecule has 0 heterocycles. The van der Waals surface area contributed by atoms with E-state index in [1.54, 1.807) is 0 Å². The second-order valence-corrected chi connectivity index (χ2v) is 15.0. The highest BCUT2D eigenvalue weighted by Gasteiger charge is 2.26. The Bertz CT molecular complexity index is 55.2. The molecule has 0 aliphatic heterocycles. The van der Waals surface area contributed by atoms with Crippen LogP contribution in [0.15, 0.2) is 0 Å². The minimum Gasteiger partial charge on any atom is -0.00781 e. The van der Waals surface area contributed by atoms with Crippen LogP contribution in [0.4, 0.5) is 0 Å². The van der Waals surface area contributed by atoms with E-state index in [9.17, 15) is 0 Å². The van der Waals surface area contributed by atoms with Crippen LogP contribution in [0.1, 0.15) is 0 Å². The van der Waals surface area contributed by atoms with Gasteiger partial charge in [-0.15, -0.1) is 0 Å². The van der Waals surface area contributed by atoms with Gasteiger partial charge in [0.1, 0.15) is 6.30 Å². The van der Waals surface area contributed by atoms with Gasteiger partial charge < -0.3 is 0 Å². The molecule has 0 aliphatic rings. The quantitative estimate of drug-likeness (QED) is 0.513. The molecule has 0 aliphatic carbocycles. The van der Waals surface area contributed by atoms with Crippen molar-refractivity contribution in [2.45, 2.75) is 0 Å². The van der Waals surface area contributed by atoms with Crippen molar-refractivity contribution >= 4 is 25.2 Å². The van der Waals surface area contributed by atoms with Crippen molar-refractivity contribution in [3.8, 4) is 0 Å². The van der Waals surface area contributed by atoms with Gasteiger partial charge in [-0.3, -0.25) is 0 Å². The highest BCUT2D eigenvalue weighted by Crippen LogP contribution is 2.80. The van der Waals surface area contributed by atoms with Gasteiger partial charge in [0.25, 0.3) is 0 Å². The van der Waals surface area contributed by atoms with Crippen LogP contribution in [0.25, 0.3) is 0 Å². The summed E-state index contributed by atoms with van der Waals surface area (Å²) in [6.07, 6.45) is -0.951. The van der Waals surface area contributed by atoms with E-state index in [1.165, 1.54) is 0 Å². The lowest BCUT2D eigenvalue weighted by Gasteiger charge is -2.09. The van der Waals surface area contributed by atoms with E-state index in [2.05, 4.69) is 26.7 Å². The first-order valence-corrected chi connectivity index (χ1v) is 8.69. The average molecular weight is 158 g/mol. The summed E-state index contributed by atoms with van der Waals surface area (Å²) in [5.41, 5.74) is 0. The van der Waals surface area contributed by atoms with Crippen LogP contribution in [0.5, 0.6) is 0 Å². The Labute approximate surface area is 52.4 Å². The van der Waals surface area contributed by atoms with Crippen LogP contribution < -0.4 is 0 Å². The summed E-state index contributed by atoms with van der Waals surface area (Å²) in [4.78, 5) is 0. The normalized spacial score (nSPS) is 12.9. The predicted octanol–water partition coefficient (Wildman–Crippen LogP) is 3.07. The first kappa shape index (κ1) is 8.15. The second-order valence-electron chi connectivity index (χ2n) is 2.11. The lowest BCUT2D eigenvalue weighted by Crippen LogP contribution is -1.70. The van der Waals surface area contributed by atoms with Gasteiger partial charge in [0.2, 0.25) is 0 Å². The van der Waals surface area contributed by atoms with Gasteiger partial charge >= 0.3 is 0 Å². The maximum absolute atomic E-state index is 6.01. The zero-order chi connectivity index (χ0) is 6.08. The van der Waals surface area contributed by atoms with Gasteiger partial charge in [0, 0.05) is 0 Å². The smallest absolute Gasteiger partial charge is 0.00781 e. The van der Waals surface area contributed by atoms with Gasteiger partial charge in [0.15, 0.2) is 0 Å².